The van der Waals surface area contributed by atoms with E-state index in [1.807, 2.05) is 35.0 Å². The summed E-state index contributed by atoms with van der Waals surface area (Å²) in [6.07, 6.45) is 3.77. The Morgan fingerprint density at radius 3 is 2.69 bits per heavy atom. The summed E-state index contributed by atoms with van der Waals surface area (Å²) in [6, 6.07) is 13.9. The zero-order chi connectivity index (χ0) is 18.0. The summed E-state index contributed by atoms with van der Waals surface area (Å²) in [5.41, 5.74) is 1.23. The van der Waals surface area contributed by atoms with Crippen molar-refractivity contribution in [1.29, 1.82) is 0 Å². The van der Waals surface area contributed by atoms with Gasteiger partial charge in [-0.1, -0.05) is 30.3 Å². The van der Waals surface area contributed by atoms with Gasteiger partial charge in [-0.3, -0.25) is 0 Å². The van der Waals surface area contributed by atoms with Gasteiger partial charge >= 0.3 is 0 Å². The van der Waals surface area contributed by atoms with Crippen molar-refractivity contribution in [2.45, 2.75) is 25.8 Å². The van der Waals surface area contributed by atoms with Crippen molar-refractivity contribution in [1.82, 2.24) is 14.8 Å². The number of hydrogen-bond acceptors (Lipinski definition) is 5. The molecule has 1 aliphatic heterocycles. The minimum absolute atomic E-state index is 0.115. The Bertz CT molecular complexity index is 963. The van der Waals surface area contributed by atoms with Gasteiger partial charge in [0.2, 0.25) is 5.82 Å². The van der Waals surface area contributed by atoms with E-state index >= 15 is 0 Å². The van der Waals surface area contributed by atoms with E-state index in [2.05, 4.69) is 22.2 Å². The van der Waals surface area contributed by atoms with Crippen molar-refractivity contribution >= 4 is 9.84 Å². The molecule has 136 valence electrons. The number of hydrogen-bond donors (Lipinski definition) is 0. The molecule has 1 unspecified atom stereocenters. The maximum absolute atomic E-state index is 11.8. The van der Waals surface area contributed by atoms with Gasteiger partial charge in [0, 0.05) is 13.0 Å². The van der Waals surface area contributed by atoms with Gasteiger partial charge < -0.3 is 4.42 Å². The number of nitrogens with zero attached hydrogens (tertiary/aromatic N) is 3. The second kappa shape index (κ2) is 7.07. The number of benzene rings is 1. The van der Waals surface area contributed by atoms with Crippen LogP contribution in [0.5, 0.6) is 0 Å². The van der Waals surface area contributed by atoms with Crippen molar-refractivity contribution in [3.05, 3.63) is 60.1 Å². The minimum atomic E-state index is -2.90. The van der Waals surface area contributed by atoms with E-state index in [1.165, 1.54) is 5.56 Å². The summed E-state index contributed by atoms with van der Waals surface area (Å²) >= 11 is 0. The van der Waals surface area contributed by atoms with E-state index in [0.717, 1.165) is 12.2 Å². The molecular weight excluding hydrogens is 350 g/mol. The van der Waals surface area contributed by atoms with Crippen LogP contribution in [0.1, 0.15) is 17.8 Å². The molecule has 0 radical (unpaired) electrons. The molecule has 1 fully saturated rings. The average Bonchev–Trinajstić information content (AvgIpc) is 3.35. The molecule has 0 bridgehead atoms. The van der Waals surface area contributed by atoms with Gasteiger partial charge in [-0.25, -0.2) is 18.1 Å². The smallest absolute Gasteiger partial charge is 0.217 e. The summed E-state index contributed by atoms with van der Waals surface area (Å²) < 4.78 is 30.8. The fourth-order valence-electron chi connectivity index (χ4n) is 3.39. The zero-order valence-electron chi connectivity index (χ0n) is 14.4. The molecule has 1 aromatic carbocycles. The predicted molar refractivity (Wildman–Crippen MR) is 98.3 cm³/mol. The van der Waals surface area contributed by atoms with E-state index in [0.29, 0.717) is 31.0 Å². The molecule has 1 saturated heterocycles. The second-order valence-corrected chi connectivity index (χ2v) is 8.99. The highest BCUT2D eigenvalue weighted by atomic mass is 32.2. The maximum atomic E-state index is 11.8. The van der Waals surface area contributed by atoms with Gasteiger partial charge in [-0.2, -0.15) is 0 Å². The predicted octanol–water partition coefficient (Wildman–Crippen LogP) is 2.76. The zero-order valence-corrected chi connectivity index (χ0v) is 15.2. The number of rotatable bonds is 6. The maximum Gasteiger partial charge on any atom is 0.217 e. The molecule has 1 atom stereocenters. The molecule has 26 heavy (non-hydrogen) atoms. The first-order valence-corrected chi connectivity index (χ1v) is 10.6. The standard InChI is InChI=1S/C19H21N3O3S/c23-26(24)12-9-16(14-26)13-18-20-19(17-7-4-11-25-17)21-22(18)10-8-15-5-2-1-3-6-15/h1-7,11,16H,8-10,12-14H2. The highest BCUT2D eigenvalue weighted by Crippen LogP contribution is 2.24. The van der Waals surface area contributed by atoms with Crippen LogP contribution < -0.4 is 0 Å². The van der Waals surface area contributed by atoms with Crippen molar-refractivity contribution in [2.24, 2.45) is 5.92 Å². The Labute approximate surface area is 152 Å². The lowest BCUT2D eigenvalue weighted by Gasteiger charge is -2.09. The molecule has 4 rings (SSSR count). The molecule has 0 saturated carbocycles. The van der Waals surface area contributed by atoms with E-state index in [-0.39, 0.29) is 17.4 Å². The van der Waals surface area contributed by atoms with Gasteiger partial charge in [0.05, 0.1) is 17.8 Å². The van der Waals surface area contributed by atoms with E-state index in [1.54, 1.807) is 6.26 Å². The third kappa shape index (κ3) is 3.88. The van der Waals surface area contributed by atoms with Gasteiger partial charge in [-0.05, 0) is 36.5 Å². The molecule has 2 aromatic heterocycles. The van der Waals surface area contributed by atoms with E-state index < -0.39 is 9.84 Å². The molecule has 3 heterocycles. The van der Waals surface area contributed by atoms with Crippen LogP contribution >= 0.6 is 0 Å². The lowest BCUT2D eigenvalue weighted by molar-refractivity contribution is 0.515. The quantitative estimate of drug-likeness (QED) is 0.666. The summed E-state index contributed by atoms with van der Waals surface area (Å²) in [7, 11) is -2.90. The van der Waals surface area contributed by atoms with Crippen LogP contribution in [-0.4, -0.2) is 34.7 Å². The molecular formula is C19H21N3O3S. The van der Waals surface area contributed by atoms with Crippen molar-refractivity contribution < 1.29 is 12.8 Å². The third-order valence-electron chi connectivity index (χ3n) is 4.74. The van der Waals surface area contributed by atoms with Crippen LogP contribution in [0.25, 0.3) is 11.6 Å². The first-order chi connectivity index (χ1) is 12.6. The van der Waals surface area contributed by atoms with Crippen LogP contribution in [0.4, 0.5) is 0 Å². The van der Waals surface area contributed by atoms with Crippen LogP contribution in [0, 0.1) is 5.92 Å². The number of furan rings is 1. The molecule has 0 amide bonds. The van der Waals surface area contributed by atoms with Gasteiger partial charge in [-0.15, -0.1) is 5.10 Å². The SMILES string of the molecule is O=S1(=O)CCC(Cc2nc(-c3ccco3)nn2CCc2ccccc2)C1. The lowest BCUT2D eigenvalue weighted by Crippen LogP contribution is -2.14. The summed E-state index contributed by atoms with van der Waals surface area (Å²) in [4.78, 5) is 4.64. The number of aromatic nitrogens is 3. The summed E-state index contributed by atoms with van der Waals surface area (Å²) in [6.45, 7) is 0.701. The third-order valence-corrected chi connectivity index (χ3v) is 6.58. The first kappa shape index (κ1) is 17.0. The van der Waals surface area contributed by atoms with Gasteiger partial charge in [0.25, 0.3) is 0 Å². The topological polar surface area (TPSA) is 78.0 Å². The fraction of sp³-hybridized carbons (Fsp3) is 0.368. The molecule has 7 heteroatoms. The highest BCUT2D eigenvalue weighted by molar-refractivity contribution is 7.91. The normalized spacial score (nSPS) is 19.0. The largest absolute Gasteiger partial charge is 0.461 e. The monoisotopic (exact) mass is 371 g/mol. The Morgan fingerprint density at radius 2 is 2.00 bits per heavy atom. The number of aryl methyl sites for hydroxylation is 2. The Kier molecular flexibility index (Phi) is 4.63. The lowest BCUT2D eigenvalue weighted by atomic mass is 10.0. The van der Waals surface area contributed by atoms with E-state index in [4.69, 9.17) is 4.42 Å². The molecule has 0 N–H and O–H groups in total. The second-order valence-electron chi connectivity index (χ2n) is 6.76. The highest BCUT2D eigenvalue weighted by Gasteiger charge is 2.29. The van der Waals surface area contributed by atoms with Crippen LogP contribution in [0.2, 0.25) is 0 Å². The number of sulfone groups is 1. The molecule has 1 aliphatic rings. The van der Waals surface area contributed by atoms with Gasteiger partial charge in [0.1, 0.15) is 5.82 Å². The summed E-state index contributed by atoms with van der Waals surface area (Å²) in [5.74, 6) is 2.65. The average molecular weight is 371 g/mol. The first-order valence-electron chi connectivity index (χ1n) is 8.81. The Morgan fingerprint density at radius 1 is 1.15 bits per heavy atom. The Hall–Kier alpha value is -2.41. The Balaban J connectivity index is 1.56. The minimum Gasteiger partial charge on any atom is -0.461 e. The van der Waals surface area contributed by atoms with Crippen LogP contribution in [0.3, 0.4) is 0 Å². The van der Waals surface area contributed by atoms with Crippen molar-refractivity contribution in [3.63, 3.8) is 0 Å². The van der Waals surface area contributed by atoms with Gasteiger partial charge in [0.15, 0.2) is 15.6 Å². The van der Waals surface area contributed by atoms with Crippen molar-refractivity contribution in [3.8, 4) is 11.6 Å². The molecule has 0 spiro atoms. The molecule has 3 aromatic rings. The summed E-state index contributed by atoms with van der Waals surface area (Å²) in [5, 5.41) is 4.61. The van der Waals surface area contributed by atoms with Crippen LogP contribution in [0.15, 0.2) is 53.1 Å². The van der Waals surface area contributed by atoms with E-state index in [9.17, 15) is 8.42 Å². The van der Waals surface area contributed by atoms with Crippen LogP contribution in [-0.2, 0) is 29.2 Å². The molecule has 6 nitrogen and oxygen atoms in total. The van der Waals surface area contributed by atoms with Crippen molar-refractivity contribution in [2.75, 3.05) is 11.5 Å². The fourth-order valence-corrected chi connectivity index (χ4v) is 5.25. The molecule has 0 aliphatic carbocycles.